The van der Waals surface area contributed by atoms with Gasteiger partial charge in [0.2, 0.25) is 0 Å². The van der Waals surface area contributed by atoms with Crippen LogP contribution in [0.15, 0.2) is 0 Å². The Morgan fingerprint density at radius 3 is 2.31 bits per heavy atom. The molecule has 1 N–H and O–H groups in total. The van der Waals surface area contributed by atoms with Crippen LogP contribution in [0.25, 0.3) is 0 Å². The van der Waals surface area contributed by atoms with Gasteiger partial charge in [-0.25, -0.2) is 0 Å². The third-order valence-electron chi connectivity index (χ3n) is 13.3. The molecule has 35 heavy (non-hydrogen) atoms. The van der Waals surface area contributed by atoms with Crippen LogP contribution in [-0.4, -0.2) is 22.8 Å². The number of carbonyl (C=O) groups is 1. The van der Waals surface area contributed by atoms with Gasteiger partial charge in [-0.15, -0.1) is 0 Å². The molecule has 5 aliphatic carbocycles. The fourth-order valence-electron chi connectivity index (χ4n) is 11.9. The van der Waals surface area contributed by atoms with Crippen LogP contribution in [0.3, 0.4) is 0 Å². The Hall–Kier alpha value is -0.570. The van der Waals surface area contributed by atoms with Gasteiger partial charge in [0.05, 0.1) is 5.60 Å². The average Bonchev–Trinajstić information content (AvgIpc) is 2.99. The molecule has 0 bridgehead atoms. The van der Waals surface area contributed by atoms with Gasteiger partial charge in [-0.2, -0.15) is 0 Å². The average molecular weight is 487 g/mol. The first kappa shape index (κ1) is 26.1. The van der Waals surface area contributed by atoms with E-state index in [2.05, 4.69) is 48.5 Å². The minimum Gasteiger partial charge on any atom is -0.462 e. The summed E-state index contributed by atoms with van der Waals surface area (Å²) in [6.07, 6.45) is 13.3. The molecule has 0 amide bonds. The second-order valence-electron chi connectivity index (χ2n) is 15.6. The summed E-state index contributed by atoms with van der Waals surface area (Å²) in [5.41, 5.74) is 0.349. The SMILES string of the molecule is CC(=O)O[C@H]1CC[C@@]23C[C@@]4(O)C[C@]5(C)[C@@H]([C@H](C)CCCC(C)C)CC[C@@]5(C)[C@H](CC[C@H]2C1(C)C)[C@H]43. The van der Waals surface area contributed by atoms with Crippen LogP contribution in [0.1, 0.15) is 126 Å². The third-order valence-corrected chi connectivity index (χ3v) is 13.3. The largest absolute Gasteiger partial charge is 0.462 e. The van der Waals surface area contributed by atoms with E-state index < -0.39 is 5.60 Å². The van der Waals surface area contributed by atoms with Crippen molar-refractivity contribution < 1.29 is 14.6 Å². The summed E-state index contributed by atoms with van der Waals surface area (Å²) in [7, 11) is 0. The van der Waals surface area contributed by atoms with Gasteiger partial charge >= 0.3 is 5.97 Å². The third kappa shape index (κ3) is 3.48. The molecule has 0 aliphatic heterocycles. The highest BCUT2D eigenvalue weighted by atomic mass is 16.5. The molecule has 3 heteroatoms. The zero-order chi connectivity index (χ0) is 25.6. The molecule has 0 radical (unpaired) electrons. The molecule has 0 heterocycles. The first-order chi connectivity index (χ1) is 16.2. The number of hydrogen-bond donors (Lipinski definition) is 1. The number of ether oxygens (including phenoxy) is 1. The first-order valence-corrected chi connectivity index (χ1v) is 15.1. The quantitative estimate of drug-likeness (QED) is 0.390. The molecule has 5 fully saturated rings. The Bertz CT molecular complexity index is 848. The van der Waals surface area contributed by atoms with Crippen LogP contribution < -0.4 is 0 Å². The molecule has 0 aromatic heterocycles. The smallest absolute Gasteiger partial charge is 0.302 e. The van der Waals surface area contributed by atoms with Gasteiger partial charge in [0.25, 0.3) is 0 Å². The molecule has 3 nitrogen and oxygen atoms in total. The molecule has 0 saturated heterocycles. The molecular formula is C32H54O3. The molecular weight excluding hydrogens is 432 g/mol. The Morgan fingerprint density at radius 1 is 0.943 bits per heavy atom. The van der Waals surface area contributed by atoms with E-state index in [0.29, 0.717) is 23.2 Å². The van der Waals surface area contributed by atoms with Crippen molar-refractivity contribution in [1.29, 1.82) is 0 Å². The lowest BCUT2D eigenvalue weighted by atomic mass is 9.27. The van der Waals surface area contributed by atoms with Crippen molar-refractivity contribution in [2.45, 2.75) is 138 Å². The Morgan fingerprint density at radius 2 is 1.66 bits per heavy atom. The summed E-state index contributed by atoms with van der Waals surface area (Å²) >= 11 is 0. The topological polar surface area (TPSA) is 46.5 Å². The first-order valence-electron chi connectivity index (χ1n) is 15.1. The van der Waals surface area contributed by atoms with Gasteiger partial charge in [0.15, 0.2) is 0 Å². The van der Waals surface area contributed by atoms with Crippen LogP contribution in [0.2, 0.25) is 0 Å². The van der Waals surface area contributed by atoms with Crippen LogP contribution >= 0.6 is 0 Å². The van der Waals surface area contributed by atoms with Crippen LogP contribution in [0, 0.1) is 57.2 Å². The summed E-state index contributed by atoms with van der Waals surface area (Å²) < 4.78 is 5.87. The summed E-state index contributed by atoms with van der Waals surface area (Å²) in [5, 5.41) is 12.3. The van der Waals surface area contributed by atoms with E-state index >= 15 is 0 Å². The number of aliphatic hydroxyl groups is 1. The van der Waals surface area contributed by atoms with Gasteiger partial charge in [0.1, 0.15) is 6.10 Å². The Labute approximate surface area is 215 Å². The number of hydrogen-bond acceptors (Lipinski definition) is 3. The molecule has 10 atom stereocenters. The van der Waals surface area contributed by atoms with Gasteiger partial charge in [-0.3, -0.25) is 4.79 Å². The minimum atomic E-state index is -0.484. The summed E-state index contributed by atoms with van der Waals surface area (Å²) in [5.74, 6) is 3.79. The van der Waals surface area contributed by atoms with Gasteiger partial charge < -0.3 is 9.84 Å². The molecule has 5 rings (SSSR count). The zero-order valence-electron chi connectivity index (χ0n) is 24.1. The number of carbonyl (C=O) groups excluding carboxylic acids is 1. The van der Waals surface area contributed by atoms with Crippen molar-refractivity contribution in [1.82, 2.24) is 0 Å². The van der Waals surface area contributed by atoms with Gasteiger partial charge in [0, 0.05) is 12.3 Å². The zero-order valence-corrected chi connectivity index (χ0v) is 24.1. The summed E-state index contributed by atoms with van der Waals surface area (Å²) in [4.78, 5) is 11.9. The number of rotatable bonds is 6. The number of fused-ring (bicyclic) bond motifs is 2. The molecule has 0 aromatic rings. The van der Waals surface area contributed by atoms with Crippen LogP contribution in [-0.2, 0) is 9.53 Å². The molecule has 5 saturated carbocycles. The van der Waals surface area contributed by atoms with E-state index in [1.807, 2.05) is 0 Å². The Kier molecular flexibility index (Phi) is 6.11. The van der Waals surface area contributed by atoms with Crippen molar-refractivity contribution in [2.75, 3.05) is 0 Å². The normalized spacial score (nSPS) is 50.5. The molecule has 5 aliphatic rings. The van der Waals surface area contributed by atoms with Crippen molar-refractivity contribution in [2.24, 2.45) is 57.2 Å². The van der Waals surface area contributed by atoms with Crippen molar-refractivity contribution >= 4 is 5.97 Å². The fraction of sp³-hybridized carbons (Fsp3) is 0.969. The maximum atomic E-state index is 12.3. The van der Waals surface area contributed by atoms with Gasteiger partial charge in [-0.1, -0.05) is 67.7 Å². The highest BCUT2D eigenvalue weighted by molar-refractivity contribution is 5.66. The predicted octanol–water partition coefficient (Wildman–Crippen LogP) is 7.79. The van der Waals surface area contributed by atoms with Crippen LogP contribution in [0.4, 0.5) is 0 Å². The van der Waals surface area contributed by atoms with Crippen molar-refractivity contribution in [3.63, 3.8) is 0 Å². The van der Waals surface area contributed by atoms with Gasteiger partial charge in [-0.05, 0) is 103 Å². The lowest BCUT2D eigenvalue weighted by Crippen LogP contribution is -2.78. The molecule has 0 aromatic carbocycles. The predicted molar refractivity (Wildman–Crippen MR) is 142 cm³/mol. The molecule has 200 valence electrons. The van der Waals surface area contributed by atoms with E-state index in [0.717, 1.165) is 43.4 Å². The van der Waals surface area contributed by atoms with E-state index in [4.69, 9.17) is 4.74 Å². The minimum absolute atomic E-state index is 0.0129. The maximum Gasteiger partial charge on any atom is 0.302 e. The standard InChI is InChI=1S/C32H54O3/c1-20(2)10-9-11-21(3)23-14-16-29(7)24-12-13-25-28(5,6)26(35-22(4)33)15-17-31(25)19-32(34,27(24)31)18-30(23,29)8/h20-21,23-27,34H,9-19H2,1-8H3/t21-,23-,24-,25+,26+,27+,29+,30-,31-,32+/m1/s1. The summed E-state index contributed by atoms with van der Waals surface area (Å²) in [6, 6.07) is 0. The van der Waals surface area contributed by atoms with E-state index in [1.54, 1.807) is 6.92 Å². The highest BCUT2D eigenvalue weighted by Crippen LogP contribution is 2.82. The molecule has 0 unspecified atom stereocenters. The second-order valence-corrected chi connectivity index (χ2v) is 15.6. The molecule has 1 spiro atoms. The lowest BCUT2D eigenvalue weighted by molar-refractivity contribution is -0.350. The number of esters is 1. The van der Waals surface area contributed by atoms with E-state index in [1.165, 1.54) is 44.9 Å². The van der Waals surface area contributed by atoms with Crippen molar-refractivity contribution in [3.8, 4) is 0 Å². The monoisotopic (exact) mass is 486 g/mol. The second kappa shape index (κ2) is 8.21. The van der Waals surface area contributed by atoms with Crippen molar-refractivity contribution in [3.05, 3.63) is 0 Å². The lowest BCUT2D eigenvalue weighted by Gasteiger charge is -2.79. The Balaban J connectivity index is 1.41. The van der Waals surface area contributed by atoms with E-state index in [-0.39, 0.29) is 28.3 Å². The van der Waals surface area contributed by atoms with E-state index in [9.17, 15) is 9.90 Å². The highest BCUT2D eigenvalue weighted by Gasteiger charge is 2.80. The fourth-order valence-corrected chi connectivity index (χ4v) is 11.9. The summed E-state index contributed by atoms with van der Waals surface area (Å²) in [6.45, 7) is 18.7. The maximum absolute atomic E-state index is 12.3. The van der Waals surface area contributed by atoms with Crippen LogP contribution in [0.5, 0.6) is 0 Å².